The van der Waals surface area contributed by atoms with Crippen LogP contribution in [-0.4, -0.2) is 35.5 Å². The molecule has 4 nitrogen and oxygen atoms in total. The number of hydrogen-bond acceptors (Lipinski definition) is 4. The van der Waals surface area contributed by atoms with Crippen LogP contribution in [0, 0.1) is 53.3 Å². The third kappa shape index (κ3) is 1.69. The minimum atomic E-state index is -0.351. The summed E-state index contributed by atoms with van der Waals surface area (Å²) < 4.78 is 13.4. The van der Waals surface area contributed by atoms with Crippen molar-refractivity contribution >= 4 is 5.97 Å². The molecule has 5 aliphatic carbocycles. The summed E-state index contributed by atoms with van der Waals surface area (Å²) >= 11 is 0. The largest absolute Gasteiger partial charge is 0.442 e. The fraction of sp³-hybridized carbons (Fsp3) is 0.741. The van der Waals surface area contributed by atoms with Crippen molar-refractivity contribution < 1.29 is 14.3 Å². The Kier molecular flexibility index (Phi) is 3.14. The van der Waals surface area contributed by atoms with Crippen LogP contribution in [0.15, 0.2) is 24.3 Å². The number of ether oxygens (including phenoxy) is 2. The Morgan fingerprint density at radius 2 is 1.84 bits per heavy atom. The molecule has 1 spiro atoms. The summed E-state index contributed by atoms with van der Waals surface area (Å²) in [4.78, 5) is 16.2. The van der Waals surface area contributed by atoms with Crippen LogP contribution < -0.4 is 0 Å². The van der Waals surface area contributed by atoms with Gasteiger partial charge in [0.1, 0.15) is 5.72 Å². The summed E-state index contributed by atoms with van der Waals surface area (Å²) in [6.45, 7) is 8.46. The summed E-state index contributed by atoms with van der Waals surface area (Å²) in [5.74, 6) is 6.04. The van der Waals surface area contributed by atoms with E-state index in [1.807, 2.05) is 6.92 Å². The number of rotatable bonds is 5. The van der Waals surface area contributed by atoms with Gasteiger partial charge in [0.25, 0.3) is 0 Å². The Labute approximate surface area is 184 Å². The number of esters is 1. The van der Waals surface area contributed by atoms with Crippen molar-refractivity contribution in [3.8, 4) is 0 Å². The predicted molar refractivity (Wildman–Crippen MR) is 115 cm³/mol. The Morgan fingerprint density at radius 1 is 1.10 bits per heavy atom. The van der Waals surface area contributed by atoms with Crippen LogP contribution in [0.1, 0.15) is 50.7 Å². The molecular formula is C27H33NO3. The molecular weight excluding hydrogens is 386 g/mol. The van der Waals surface area contributed by atoms with Crippen LogP contribution in [0.2, 0.25) is 0 Å². The van der Waals surface area contributed by atoms with Gasteiger partial charge in [-0.15, -0.1) is 0 Å². The molecule has 4 heteroatoms. The Balaban J connectivity index is 1.12. The smallest absolute Gasteiger partial charge is 0.314 e. The summed E-state index contributed by atoms with van der Waals surface area (Å²) in [5.41, 5.74) is 2.00. The highest BCUT2D eigenvalue weighted by molar-refractivity contribution is 5.78. The van der Waals surface area contributed by atoms with Gasteiger partial charge in [0.2, 0.25) is 0 Å². The van der Waals surface area contributed by atoms with Crippen molar-refractivity contribution in [1.82, 2.24) is 4.90 Å². The van der Waals surface area contributed by atoms with Gasteiger partial charge in [-0.25, -0.2) is 4.90 Å². The van der Waals surface area contributed by atoms with Gasteiger partial charge in [0, 0.05) is 30.2 Å². The molecule has 0 N–H and O–H groups in total. The Hall–Kier alpha value is -1.39. The van der Waals surface area contributed by atoms with E-state index >= 15 is 0 Å². The third-order valence-corrected chi connectivity index (χ3v) is 10.9. The van der Waals surface area contributed by atoms with Crippen molar-refractivity contribution in [2.24, 2.45) is 53.3 Å². The highest BCUT2D eigenvalue weighted by Gasteiger charge is 3.00. The van der Waals surface area contributed by atoms with E-state index in [-0.39, 0.29) is 23.3 Å². The lowest BCUT2D eigenvalue weighted by atomic mass is 9.58. The number of nitrogens with zero attached hydrogens (tertiary/aromatic N) is 1. The molecule has 3 saturated heterocycles. The predicted octanol–water partition coefficient (Wildman–Crippen LogP) is 4.05. The molecule has 1 unspecified atom stereocenters. The SMILES string of the molecule is CC(C)Cc1ccc(C(C)C(=O)O[C@]23[C@@H]4[C@H]5C[C@@H]6[C@@H]7[C@H]5[C@@H]2[C@@H]7[C@@]2(OCCCN32)[C@H]64)cc1. The first kappa shape index (κ1) is 18.1. The van der Waals surface area contributed by atoms with E-state index in [4.69, 9.17) is 9.47 Å². The van der Waals surface area contributed by atoms with Crippen LogP contribution in [0.3, 0.4) is 0 Å². The first-order valence-electron chi connectivity index (χ1n) is 12.7. The molecule has 3 aliphatic heterocycles. The number of benzene rings is 1. The lowest BCUT2D eigenvalue weighted by Crippen LogP contribution is -2.56. The molecule has 0 aromatic heterocycles. The van der Waals surface area contributed by atoms with Gasteiger partial charge in [-0.2, -0.15) is 0 Å². The maximum absolute atomic E-state index is 13.6. The molecule has 8 fully saturated rings. The van der Waals surface area contributed by atoms with Gasteiger partial charge in [0.15, 0.2) is 5.72 Å². The average Bonchev–Trinajstić information content (AvgIpc) is 3.38. The Bertz CT molecular complexity index is 989. The zero-order valence-electron chi connectivity index (χ0n) is 18.8. The second kappa shape index (κ2) is 5.39. The van der Waals surface area contributed by atoms with Crippen LogP contribution in [0.25, 0.3) is 0 Å². The maximum Gasteiger partial charge on any atom is 0.314 e. The van der Waals surface area contributed by atoms with Crippen LogP contribution in [0.4, 0.5) is 0 Å². The quantitative estimate of drug-likeness (QED) is 0.675. The van der Waals surface area contributed by atoms with E-state index in [9.17, 15) is 4.79 Å². The van der Waals surface area contributed by atoms with E-state index in [1.54, 1.807) is 0 Å². The van der Waals surface area contributed by atoms with Gasteiger partial charge in [0.05, 0.1) is 12.5 Å². The van der Waals surface area contributed by atoms with Crippen molar-refractivity contribution in [3.63, 3.8) is 0 Å². The molecule has 11 atom stereocenters. The molecule has 1 aromatic carbocycles. The van der Waals surface area contributed by atoms with Crippen molar-refractivity contribution in [2.75, 3.05) is 13.2 Å². The van der Waals surface area contributed by atoms with Gasteiger partial charge >= 0.3 is 5.97 Å². The molecule has 5 saturated carbocycles. The zero-order chi connectivity index (χ0) is 20.9. The number of hydrogen-bond donors (Lipinski definition) is 0. The molecule has 9 rings (SSSR count). The fourth-order valence-corrected chi connectivity index (χ4v) is 10.5. The minimum absolute atomic E-state index is 0.0226. The van der Waals surface area contributed by atoms with Gasteiger partial charge in [-0.05, 0) is 66.9 Å². The first-order chi connectivity index (χ1) is 15.0. The van der Waals surface area contributed by atoms with Crippen molar-refractivity contribution in [2.45, 2.75) is 57.4 Å². The fourth-order valence-electron chi connectivity index (χ4n) is 10.5. The van der Waals surface area contributed by atoms with E-state index in [1.165, 1.54) is 12.0 Å². The second-order valence-corrected chi connectivity index (χ2v) is 12.2. The maximum atomic E-state index is 13.6. The van der Waals surface area contributed by atoms with E-state index in [0.29, 0.717) is 29.6 Å². The normalized spacial score (nSPS) is 52.3. The monoisotopic (exact) mass is 419 g/mol. The molecule has 164 valence electrons. The molecule has 8 aliphatic rings. The minimum Gasteiger partial charge on any atom is -0.442 e. The summed E-state index contributed by atoms with van der Waals surface area (Å²) in [7, 11) is 0. The third-order valence-electron chi connectivity index (χ3n) is 10.9. The lowest BCUT2D eigenvalue weighted by molar-refractivity contribution is -0.224. The van der Waals surface area contributed by atoms with Crippen LogP contribution in [0.5, 0.6) is 0 Å². The molecule has 0 amide bonds. The summed E-state index contributed by atoms with van der Waals surface area (Å²) in [5, 5.41) is 0. The summed E-state index contributed by atoms with van der Waals surface area (Å²) in [6.07, 6.45) is 3.52. The average molecular weight is 420 g/mol. The van der Waals surface area contributed by atoms with E-state index in [2.05, 4.69) is 43.0 Å². The Morgan fingerprint density at radius 3 is 2.61 bits per heavy atom. The van der Waals surface area contributed by atoms with Gasteiger partial charge in [-0.3, -0.25) is 4.79 Å². The first-order valence-corrected chi connectivity index (χ1v) is 12.7. The van der Waals surface area contributed by atoms with Gasteiger partial charge in [-0.1, -0.05) is 38.1 Å². The van der Waals surface area contributed by atoms with Crippen LogP contribution >= 0.6 is 0 Å². The van der Waals surface area contributed by atoms with E-state index < -0.39 is 0 Å². The molecule has 1 aromatic rings. The lowest BCUT2D eigenvalue weighted by Gasteiger charge is -2.47. The van der Waals surface area contributed by atoms with Crippen molar-refractivity contribution in [3.05, 3.63) is 35.4 Å². The topological polar surface area (TPSA) is 38.8 Å². The zero-order valence-corrected chi connectivity index (χ0v) is 18.8. The van der Waals surface area contributed by atoms with Crippen LogP contribution in [-0.2, 0) is 20.7 Å². The highest BCUT2D eigenvalue weighted by atomic mass is 16.6. The second-order valence-electron chi connectivity index (χ2n) is 12.2. The van der Waals surface area contributed by atoms with E-state index in [0.717, 1.165) is 55.2 Å². The molecule has 0 radical (unpaired) electrons. The van der Waals surface area contributed by atoms with Crippen molar-refractivity contribution in [1.29, 1.82) is 0 Å². The standard InChI is InChI=1S/C27H33NO3/c1-13(2)11-15-5-7-16(8-6-15)14(3)25(29)31-27-22-18-12-17-19-20(18)24(27)23(19)26(21(17)22)28(27)9-4-10-30-26/h5-8,13-14,17-24H,4,9-12H2,1-3H3/t14?,17-,18+,19-,20+,21-,22-,23-,24-,26+,27-/m1/s1. The molecule has 4 bridgehead atoms. The number of carbonyl (C=O) groups is 1. The summed E-state index contributed by atoms with van der Waals surface area (Å²) in [6, 6.07) is 8.65. The number of carbonyl (C=O) groups excluding carboxylic acids is 1. The van der Waals surface area contributed by atoms with Gasteiger partial charge < -0.3 is 9.47 Å². The molecule has 31 heavy (non-hydrogen) atoms. The molecule has 3 heterocycles. The highest BCUT2D eigenvalue weighted by Crippen LogP contribution is 2.94.